The Morgan fingerprint density at radius 3 is 2.71 bits per heavy atom. The number of nitrogens with two attached hydrogens (primary N) is 1. The minimum atomic E-state index is -0.273. The molecule has 0 bridgehead atoms. The second-order valence-electron chi connectivity index (χ2n) is 6.63. The number of carbonyl (C=O) groups is 1. The SMILES string of the molecule is CNC(=O)c1sc2nc(NCCc3ccccn3)nc(-c3ccc(Cl)c(Cl)c3)c2c1N. The second-order valence-corrected chi connectivity index (χ2v) is 8.44. The van der Waals surface area contributed by atoms with Gasteiger partial charge in [-0.05, 0) is 24.3 Å². The highest BCUT2D eigenvalue weighted by Crippen LogP contribution is 2.40. The Kier molecular flexibility index (Phi) is 6.22. The van der Waals surface area contributed by atoms with E-state index in [-0.39, 0.29) is 5.91 Å². The van der Waals surface area contributed by atoms with Crippen molar-refractivity contribution < 1.29 is 4.79 Å². The first-order valence-electron chi connectivity index (χ1n) is 9.39. The lowest BCUT2D eigenvalue weighted by Crippen LogP contribution is -2.17. The number of fused-ring (bicyclic) bond motifs is 1. The lowest BCUT2D eigenvalue weighted by molar-refractivity contribution is 0.0968. The number of halogens is 2. The van der Waals surface area contributed by atoms with Crippen LogP contribution in [0, 0.1) is 0 Å². The summed E-state index contributed by atoms with van der Waals surface area (Å²) >= 11 is 13.5. The fourth-order valence-electron chi connectivity index (χ4n) is 3.08. The van der Waals surface area contributed by atoms with Crippen molar-refractivity contribution in [1.29, 1.82) is 0 Å². The van der Waals surface area contributed by atoms with Gasteiger partial charge >= 0.3 is 0 Å². The summed E-state index contributed by atoms with van der Waals surface area (Å²) in [5.41, 5.74) is 8.93. The van der Waals surface area contributed by atoms with Gasteiger partial charge in [-0.3, -0.25) is 9.78 Å². The zero-order valence-corrected chi connectivity index (χ0v) is 18.8. The predicted molar refractivity (Wildman–Crippen MR) is 127 cm³/mol. The number of aromatic nitrogens is 3. The van der Waals surface area contributed by atoms with E-state index in [1.54, 1.807) is 25.4 Å². The number of anilines is 2. The predicted octanol–water partition coefficient (Wildman–Crippen LogP) is 4.66. The number of benzene rings is 1. The van der Waals surface area contributed by atoms with Crippen molar-refractivity contribution in [2.45, 2.75) is 6.42 Å². The minimum Gasteiger partial charge on any atom is -0.397 e. The number of pyridine rings is 1. The maximum atomic E-state index is 12.3. The summed E-state index contributed by atoms with van der Waals surface area (Å²) in [6, 6.07) is 11.0. The van der Waals surface area contributed by atoms with Gasteiger partial charge in [0.15, 0.2) is 0 Å². The molecule has 1 aromatic carbocycles. The zero-order chi connectivity index (χ0) is 22.0. The summed E-state index contributed by atoms with van der Waals surface area (Å²) in [5.74, 6) is 0.152. The minimum absolute atomic E-state index is 0.273. The Morgan fingerprint density at radius 2 is 2.00 bits per heavy atom. The summed E-state index contributed by atoms with van der Waals surface area (Å²) in [6.07, 6.45) is 2.47. The van der Waals surface area contributed by atoms with Gasteiger partial charge in [0, 0.05) is 37.5 Å². The first kappa shape index (κ1) is 21.3. The van der Waals surface area contributed by atoms with Gasteiger partial charge in [-0.25, -0.2) is 9.97 Å². The van der Waals surface area contributed by atoms with Crippen molar-refractivity contribution >= 4 is 62.3 Å². The zero-order valence-electron chi connectivity index (χ0n) is 16.4. The van der Waals surface area contributed by atoms with Gasteiger partial charge in [-0.1, -0.05) is 35.3 Å². The number of carbonyl (C=O) groups excluding carboxylic acids is 1. The molecular formula is C21H18Cl2N6OS. The first-order chi connectivity index (χ1) is 15.0. The van der Waals surface area contributed by atoms with E-state index >= 15 is 0 Å². The molecule has 1 amide bonds. The number of rotatable bonds is 6. The first-order valence-corrected chi connectivity index (χ1v) is 11.0. The van der Waals surface area contributed by atoms with Crippen molar-refractivity contribution in [2.75, 3.05) is 24.6 Å². The Morgan fingerprint density at radius 1 is 1.16 bits per heavy atom. The highest BCUT2D eigenvalue weighted by molar-refractivity contribution is 7.21. The molecule has 10 heteroatoms. The van der Waals surface area contributed by atoms with Crippen LogP contribution in [0.5, 0.6) is 0 Å². The molecule has 0 atom stereocenters. The molecule has 0 aliphatic carbocycles. The monoisotopic (exact) mass is 472 g/mol. The molecule has 4 aromatic rings. The average Bonchev–Trinajstić information content (AvgIpc) is 3.12. The third-order valence-corrected chi connectivity index (χ3v) is 6.44. The molecular weight excluding hydrogens is 455 g/mol. The Bertz CT molecular complexity index is 1260. The van der Waals surface area contributed by atoms with Crippen LogP contribution < -0.4 is 16.4 Å². The Balaban J connectivity index is 1.77. The van der Waals surface area contributed by atoms with Crippen LogP contribution in [0.25, 0.3) is 21.5 Å². The van der Waals surface area contributed by atoms with Gasteiger partial charge in [0.2, 0.25) is 5.95 Å². The van der Waals surface area contributed by atoms with Crippen molar-refractivity contribution in [3.8, 4) is 11.3 Å². The van der Waals surface area contributed by atoms with Crippen LogP contribution in [-0.2, 0) is 6.42 Å². The molecule has 3 aromatic heterocycles. The maximum Gasteiger partial charge on any atom is 0.263 e. The molecule has 0 saturated carbocycles. The fourth-order valence-corrected chi connectivity index (χ4v) is 4.42. The van der Waals surface area contributed by atoms with Gasteiger partial charge in [0.25, 0.3) is 5.91 Å². The van der Waals surface area contributed by atoms with Gasteiger partial charge in [-0.2, -0.15) is 0 Å². The summed E-state index contributed by atoms with van der Waals surface area (Å²) in [4.78, 5) is 26.9. The number of hydrogen-bond acceptors (Lipinski definition) is 7. The number of hydrogen-bond donors (Lipinski definition) is 3. The van der Waals surface area contributed by atoms with Crippen LogP contribution >= 0.6 is 34.5 Å². The van der Waals surface area contributed by atoms with Gasteiger partial charge < -0.3 is 16.4 Å². The number of thiophene rings is 1. The van der Waals surface area contributed by atoms with Gasteiger partial charge in [-0.15, -0.1) is 11.3 Å². The Labute approximate surface area is 192 Å². The van der Waals surface area contributed by atoms with Crippen LogP contribution in [-0.4, -0.2) is 34.5 Å². The van der Waals surface area contributed by atoms with E-state index in [1.807, 2.05) is 24.3 Å². The van der Waals surface area contributed by atoms with Crippen LogP contribution in [0.3, 0.4) is 0 Å². The number of nitrogens with zero attached hydrogens (tertiary/aromatic N) is 3. The van der Waals surface area contributed by atoms with Crippen LogP contribution in [0.1, 0.15) is 15.4 Å². The van der Waals surface area contributed by atoms with E-state index in [9.17, 15) is 4.79 Å². The number of nitrogen functional groups attached to an aromatic ring is 1. The molecule has 4 N–H and O–H groups in total. The van der Waals surface area contributed by atoms with Crippen LogP contribution in [0.15, 0.2) is 42.6 Å². The number of nitrogens with one attached hydrogen (secondary N) is 2. The highest BCUT2D eigenvalue weighted by atomic mass is 35.5. The Hall–Kier alpha value is -2.94. The molecule has 0 saturated heterocycles. The lowest BCUT2D eigenvalue weighted by atomic mass is 10.1. The highest BCUT2D eigenvalue weighted by Gasteiger charge is 2.22. The summed E-state index contributed by atoms with van der Waals surface area (Å²) in [7, 11) is 1.56. The molecule has 4 rings (SSSR count). The van der Waals surface area contributed by atoms with E-state index in [0.717, 1.165) is 11.3 Å². The summed E-state index contributed by atoms with van der Waals surface area (Å²) in [5, 5.41) is 7.29. The molecule has 0 unspecified atom stereocenters. The van der Waals surface area contributed by atoms with Crippen molar-refractivity contribution in [3.05, 3.63) is 63.2 Å². The molecule has 0 radical (unpaired) electrons. The molecule has 0 fully saturated rings. The normalized spacial score (nSPS) is 10.9. The van der Waals surface area contributed by atoms with E-state index in [0.29, 0.717) is 55.4 Å². The third-order valence-electron chi connectivity index (χ3n) is 4.61. The van der Waals surface area contributed by atoms with Gasteiger partial charge in [0.1, 0.15) is 9.71 Å². The molecule has 0 spiro atoms. The lowest BCUT2D eigenvalue weighted by Gasteiger charge is -2.10. The van der Waals surface area contributed by atoms with Crippen molar-refractivity contribution in [2.24, 2.45) is 0 Å². The van der Waals surface area contributed by atoms with Crippen molar-refractivity contribution in [3.63, 3.8) is 0 Å². The van der Waals surface area contributed by atoms with Gasteiger partial charge in [0.05, 0.1) is 26.8 Å². The third kappa shape index (κ3) is 4.41. The van der Waals surface area contributed by atoms with Crippen LogP contribution in [0.2, 0.25) is 10.0 Å². The molecule has 31 heavy (non-hydrogen) atoms. The van der Waals surface area contributed by atoms with E-state index < -0.39 is 0 Å². The molecule has 3 heterocycles. The van der Waals surface area contributed by atoms with E-state index in [1.165, 1.54) is 11.3 Å². The fraction of sp³-hybridized carbons (Fsp3) is 0.143. The summed E-state index contributed by atoms with van der Waals surface area (Å²) in [6.45, 7) is 0.590. The molecule has 0 aliphatic rings. The topological polar surface area (TPSA) is 106 Å². The van der Waals surface area contributed by atoms with Crippen LogP contribution in [0.4, 0.5) is 11.6 Å². The van der Waals surface area contributed by atoms with E-state index in [4.69, 9.17) is 28.9 Å². The number of amides is 1. The average molecular weight is 473 g/mol. The molecule has 0 aliphatic heterocycles. The standard InChI is InChI=1S/C21H18Cl2N6OS/c1-25-19(30)18-16(24)15-17(11-5-6-13(22)14(23)10-11)28-21(29-20(15)31-18)27-9-7-12-4-2-3-8-26-12/h2-6,8,10H,7,9,24H2,1H3,(H,25,30)(H,27,28,29). The molecule has 158 valence electrons. The molecule has 7 nitrogen and oxygen atoms in total. The maximum absolute atomic E-state index is 12.3. The second kappa shape index (κ2) is 9.05. The van der Waals surface area contributed by atoms with E-state index in [2.05, 4.69) is 25.6 Å². The summed E-state index contributed by atoms with van der Waals surface area (Å²) < 4.78 is 0. The smallest absolute Gasteiger partial charge is 0.263 e. The van der Waals surface area contributed by atoms with Crippen molar-refractivity contribution in [1.82, 2.24) is 20.3 Å². The largest absolute Gasteiger partial charge is 0.397 e. The quantitative estimate of drug-likeness (QED) is 0.376.